The average Bonchev–Trinajstić information content (AvgIpc) is 2.43. The zero-order valence-electron chi connectivity index (χ0n) is 12.1. The van der Waals surface area contributed by atoms with Gasteiger partial charge < -0.3 is 9.80 Å². The summed E-state index contributed by atoms with van der Waals surface area (Å²) >= 11 is 0. The maximum absolute atomic E-state index is 11.9. The van der Waals surface area contributed by atoms with E-state index in [1.54, 1.807) is 23.9 Å². The van der Waals surface area contributed by atoms with Crippen LogP contribution in [-0.4, -0.2) is 25.9 Å². The predicted molar refractivity (Wildman–Crippen MR) is 78.5 cm³/mol. The van der Waals surface area contributed by atoms with E-state index in [1.807, 2.05) is 24.3 Å². The van der Waals surface area contributed by atoms with Crippen LogP contribution in [0, 0.1) is 0 Å². The number of nitrogens with zero attached hydrogens (tertiary/aromatic N) is 2. The van der Waals surface area contributed by atoms with Gasteiger partial charge in [0.25, 0.3) is 0 Å². The molecule has 1 aromatic carbocycles. The first-order valence-corrected chi connectivity index (χ1v) is 6.58. The van der Waals surface area contributed by atoms with Crippen LogP contribution < -0.4 is 9.80 Å². The minimum Gasteiger partial charge on any atom is -0.316 e. The molecule has 0 bridgehead atoms. The van der Waals surface area contributed by atoms with Crippen LogP contribution in [0.2, 0.25) is 0 Å². The van der Waals surface area contributed by atoms with Crippen LogP contribution in [0.4, 0.5) is 11.4 Å². The number of hydrogen-bond acceptors (Lipinski definition) is 2. The van der Waals surface area contributed by atoms with E-state index in [0.29, 0.717) is 6.42 Å². The van der Waals surface area contributed by atoms with Gasteiger partial charge in [0.2, 0.25) is 11.8 Å². The van der Waals surface area contributed by atoms with Crippen molar-refractivity contribution >= 4 is 23.2 Å². The molecule has 0 N–H and O–H groups in total. The zero-order chi connectivity index (χ0) is 14.4. The third-order valence-corrected chi connectivity index (χ3v) is 3.21. The minimum atomic E-state index is -0.0138. The Bertz CT molecular complexity index is 440. The Morgan fingerprint density at radius 2 is 1.47 bits per heavy atom. The number of carbonyl (C=O) groups is 2. The summed E-state index contributed by atoms with van der Waals surface area (Å²) in [5.41, 5.74) is 1.67. The second kappa shape index (κ2) is 6.92. The van der Waals surface area contributed by atoms with E-state index in [4.69, 9.17) is 0 Å². The first kappa shape index (κ1) is 15.2. The lowest BCUT2D eigenvalue weighted by Crippen LogP contribution is -2.26. The number of carbonyl (C=O) groups excluding carboxylic acids is 2. The molecule has 0 atom stereocenters. The van der Waals surface area contributed by atoms with Gasteiger partial charge in [-0.2, -0.15) is 0 Å². The third kappa shape index (κ3) is 4.09. The van der Waals surface area contributed by atoms with E-state index in [0.717, 1.165) is 24.2 Å². The topological polar surface area (TPSA) is 40.6 Å². The Hall–Kier alpha value is -1.84. The van der Waals surface area contributed by atoms with E-state index >= 15 is 0 Å². The highest BCUT2D eigenvalue weighted by molar-refractivity contribution is 5.94. The van der Waals surface area contributed by atoms with E-state index in [9.17, 15) is 9.59 Å². The molecule has 0 heterocycles. The summed E-state index contributed by atoms with van der Waals surface area (Å²) in [7, 11) is 3.51. The lowest BCUT2D eigenvalue weighted by molar-refractivity contribution is -0.118. The van der Waals surface area contributed by atoms with Crippen LogP contribution in [0.5, 0.6) is 0 Å². The van der Waals surface area contributed by atoms with E-state index < -0.39 is 0 Å². The van der Waals surface area contributed by atoms with E-state index in [2.05, 4.69) is 6.92 Å². The number of hydrogen-bond donors (Lipinski definition) is 0. The fraction of sp³-hybridized carbons (Fsp3) is 0.467. The van der Waals surface area contributed by atoms with Crippen LogP contribution in [0.3, 0.4) is 0 Å². The molecule has 4 nitrogen and oxygen atoms in total. The van der Waals surface area contributed by atoms with Crippen molar-refractivity contribution in [1.82, 2.24) is 0 Å². The van der Waals surface area contributed by atoms with Crippen molar-refractivity contribution in [1.29, 1.82) is 0 Å². The molecule has 1 rings (SSSR count). The third-order valence-electron chi connectivity index (χ3n) is 3.21. The molecule has 0 radical (unpaired) electrons. The first-order chi connectivity index (χ1) is 8.97. The molecule has 19 heavy (non-hydrogen) atoms. The summed E-state index contributed by atoms with van der Waals surface area (Å²) in [5.74, 6) is 0.106. The summed E-state index contributed by atoms with van der Waals surface area (Å²) in [6.07, 6.45) is 2.50. The maximum Gasteiger partial charge on any atom is 0.226 e. The molecule has 0 aromatic heterocycles. The number of benzene rings is 1. The molecule has 0 aliphatic heterocycles. The van der Waals surface area contributed by atoms with Crippen molar-refractivity contribution in [2.24, 2.45) is 0 Å². The second-order valence-corrected chi connectivity index (χ2v) is 4.65. The van der Waals surface area contributed by atoms with Gasteiger partial charge in [0.1, 0.15) is 0 Å². The fourth-order valence-corrected chi connectivity index (χ4v) is 1.72. The van der Waals surface area contributed by atoms with Crippen molar-refractivity contribution in [2.45, 2.75) is 33.1 Å². The predicted octanol–water partition coefficient (Wildman–Crippen LogP) is 2.82. The van der Waals surface area contributed by atoms with Crippen LogP contribution in [-0.2, 0) is 9.59 Å². The summed E-state index contributed by atoms with van der Waals surface area (Å²) in [4.78, 5) is 26.4. The molecule has 0 aliphatic carbocycles. The quantitative estimate of drug-likeness (QED) is 0.818. The molecular formula is C15H22N2O2. The molecular weight excluding hydrogens is 240 g/mol. The van der Waals surface area contributed by atoms with Crippen LogP contribution >= 0.6 is 0 Å². The van der Waals surface area contributed by atoms with Gasteiger partial charge in [-0.05, 0) is 30.7 Å². The van der Waals surface area contributed by atoms with Gasteiger partial charge in [-0.25, -0.2) is 0 Å². The van der Waals surface area contributed by atoms with Crippen LogP contribution in [0.25, 0.3) is 0 Å². The molecule has 0 unspecified atom stereocenters. The van der Waals surface area contributed by atoms with Gasteiger partial charge in [0, 0.05) is 38.8 Å². The van der Waals surface area contributed by atoms with Gasteiger partial charge in [-0.15, -0.1) is 0 Å². The Morgan fingerprint density at radius 3 is 1.89 bits per heavy atom. The largest absolute Gasteiger partial charge is 0.316 e. The molecule has 0 saturated carbocycles. The Morgan fingerprint density at radius 1 is 1.00 bits per heavy atom. The molecule has 104 valence electrons. The Kier molecular flexibility index (Phi) is 5.55. The van der Waals surface area contributed by atoms with Crippen LogP contribution in [0.1, 0.15) is 33.1 Å². The lowest BCUT2D eigenvalue weighted by atomic mass is 10.2. The molecule has 2 amide bonds. The second-order valence-electron chi connectivity index (χ2n) is 4.65. The monoisotopic (exact) mass is 262 g/mol. The van der Waals surface area contributed by atoms with E-state index in [1.165, 1.54) is 6.92 Å². The zero-order valence-corrected chi connectivity index (χ0v) is 12.1. The lowest BCUT2D eigenvalue weighted by Gasteiger charge is -2.19. The molecule has 1 aromatic rings. The summed E-state index contributed by atoms with van der Waals surface area (Å²) in [6.45, 7) is 3.59. The van der Waals surface area contributed by atoms with Crippen molar-refractivity contribution in [3.8, 4) is 0 Å². The molecule has 0 saturated heterocycles. The highest BCUT2D eigenvalue weighted by Gasteiger charge is 2.11. The standard InChI is InChI=1S/C15H22N2O2/c1-5-6-7-15(19)17(4)14-10-8-13(9-11-14)16(3)12(2)18/h8-11H,5-7H2,1-4H3. The van der Waals surface area contributed by atoms with Crippen LogP contribution in [0.15, 0.2) is 24.3 Å². The summed E-state index contributed by atoms with van der Waals surface area (Å²) in [5, 5.41) is 0. The fourth-order valence-electron chi connectivity index (χ4n) is 1.72. The number of rotatable bonds is 5. The first-order valence-electron chi connectivity index (χ1n) is 6.58. The number of unbranched alkanes of at least 4 members (excludes halogenated alkanes) is 1. The van der Waals surface area contributed by atoms with Crippen molar-refractivity contribution in [3.05, 3.63) is 24.3 Å². The van der Waals surface area contributed by atoms with Crippen molar-refractivity contribution in [3.63, 3.8) is 0 Å². The number of anilines is 2. The number of amides is 2. The molecule has 4 heteroatoms. The average molecular weight is 262 g/mol. The smallest absolute Gasteiger partial charge is 0.226 e. The Labute approximate surface area is 115 Å². The van der Waals surface area contributed by atoms with Crippen molar-refractivity contribution in [2.75, 3.05) is 23.9 Å². The van der Waals surface area contributed by atoms with Gasteiger partial charge in [-0.1, -0.05) is 13.3 Å². The molecule has 0 spiro atoms. The molecule has 0 aliphatic rings. The minimum absolute atomic E-state index is 0.0138. The van der Waals surface area contributed by atoms with Gasteiger partial charge in [0.05, 0.1) is 0 Å². The summed E-state index contributed by atoms with van der Waals surface area (Å²) < 4.78 is 0. The normalized spacial score (nSPS) is 10.1. The van der Waals surface area contributed by atoms with Crippen molar-refractivity contribution < 1.29 is 9.59 Å². The summed E-state index contributed by atoms with van der Waals surface area (Å²) in [6, 6.07) is 7.41. The Balaban J connectivity index is 2.75. The van der Waals surface area contributed by atoms with Gasteiger partial charge in [-0.3, -0.25) is 9.59 Å². The van der Waals surface area contributed by atoms with Gasteiger partial charge >= 0.3 is 0 Å². The highest BCUT2D eigenvalue weighted by atomic mass is 16.2. The van der Waals surface area contributed by atoms with E-state index in [-0.39, 0.29) is 11.8 Å². The SMILES string of the molecule is CCCCC(=O)N(C)c1ccc(N(C)C(C)=O)cc1. The maximum atomic E-state index is 11.9. The highest BCUT2D eigenvalue weighted by Crippen LogP contribution is 2.20. The van der Waals surface area contributed by atoms with Gasteiger partial charge in [0.15, 0.2) is 0 Å². The molecule has 0 fully saturated rings.